The minimum Gasteiger partial charge on any atom is -0.107 e. The number of hydrogen-bond acceptors (Lipinski definition) is 0. The van der Waals surface area contributed by atoms with Crippen LogP contribution in [-0.4, -0.2) is 58.2 Å². The van der Waals surface area contributed by atoms with Crippen LogP contribution in [0.1, 0.15) is 0 Å². The fourth-order valence-corrected chi connectivity index (χ4v) is 0. The Morgan fingerprint density at radius 2 is 0.429 bits per heavy atom. The standard InChI is InChI=1S/Ag.5HI.Rb/h;5*1H;. The van der Waals surface area contributed by atoms with Crippen molar-refractivity contribution in [3.8, 4) is 0 Å². The molecule has 0 saturated heterocycles. The largest absolute Gasteiger partial charge is 0.107 e. The smallest absolute Gasteiger partial charge is 0 e. The summed E-state index contributed by atoms with van der Waals surface area (Å²) < 4.78 is 0. The molecular weight excluding hydrogens is 828 g/mol. The second-order valence-corrected chi connectivity index (χ2v) is 0. The SMILES string of the molecule is I.I.I.I.I.[Ag].[Rb]. The molecule has 7 heteroatoms. The van der Waals surface area contributed by atoms with Gasteiger partial charge >= 0.3 is 0 Å². The van der Waals surface area contributed by atoms with Crippen molar-refractivity contribution >= 4 is 178 Å². The molecule has 0 amide bonds. The number of rotatable bonds is 0. The zero-order valence-electron chi connectivity index (χ0n) is 3.34. The molecule has 0 atom stereocenters. The van der Waals surface area contributed by atoms with E-state index < -0.39 is 0 Å². The molecule has 0 rings (SSSR count). The van der Waals surface area contributed by atoms with Crippen molar-refractivity contribution in [2.45, 2.75) is 0 Å². The normalized spacial score (nSPS) is 0. The van der Waals surface area contributed by atoms with E-state index in [0.717, 1.165) is 0 Å². The first-order chi connectivity index (χ1) is 0. The van der Waals surface area contributed by atoms with Gasteiger partial charge in [0.15, 0.2) is 0 Å². The van der Waals surface area contributed by atoms with Crippen molar-refractivity contribution in [1.82, 2.24) is 0 Å². The second kappa shape index (κ2) is 39.8. The van der Waals surface area contributed by atoms with Crippen molar-refractivity contribution in [2.24, 2.45) is 0 Å². The van der Waals surface area contributed by atoms with Crippen LogP contribution in [0.3, 0.4) is 0 Å². The Hall–Kier alpha value is 6.20. The fourth-order valence-electron chi connectivity index (χ4n) is 0. The molecule has 0 nitrogen and oxygen atoms in total. The summed E-state index contributed by atoms with van der Waals surface area (Å²) in [7, 11) is 0. The topological polar surface area (TPSA) is 0 Å². The molecule has 7 heavy (non-hydrogen) atoms. The molecule has 0 aliphatic heterocycles. The monoisotopic (exact) mass is 831 g/mol. The average molecular weight is 833 g/mol. The van der Waals surface area contributed by atoms with Gasteiger partial charge in [-0.15, -0.1) is 120 Å². The van der Waals surface area contributed by atoms with E-state index in [2.05, 4.69) is 0 Å². The molecule has 0 aromatic carbocycles. The number of hydrogen-bond donors (Lipinski definition) is 0. The zero-order valence-corrected chi connectivity index (χ0v) is 21.4. The van der Waals surface area contributed by atoms with Gasteiger partial charge in [-0.1, -0.05) is 0 Å². The quantitative estimate of drug-likeness (QED) is 0.261. The first-order valence-corrected chi connectivity index (χ1v) is 0. The van der Waals surface area contributed by atoms with E-state index in [4.69, 9.17) is 0 Å². The molecule has 0 aliphatic rings. The second-order valence-electron chi connectivity index (χ2n) is 0. The molecule has 0 aliphatic carbocycles. The summed E-state index contributed by atoms with van der Waals surface area (Å²) in [5, 5.41) is 0. The van der Waals surface area contributed by atoms with Crippen molar-refractivity contribution < 1.29 is 22.4 Å². The molecule has 0 N–H and O–H groups in total. The summed E-state index contributed by atoms with van der Waals surface area (Å²) >= 11 is 0. The predicted octanol–water partition coefficient (Wildman–Crippen LogP) is 2.71. The van der Waals surface area contributed by atoms with Gasteiger partial charge in [-0.25, -0.2) is 0 Å². The Labute approximate surface area is 194 Å². The van der Waals surface area contributed by atoms with Gasteiger partial charge in [-0.3, -0.25) is 0 Å². The van der Waals surface area contributed by atoms with Crippen LogP contribution in [0.5, 0.6) is 0 Å². The van der Waals surface area contributed by atoms with Crippen LogP contribution in [0, 0.1) is 0 Å². The molecule has 0 heterocycles. The number of halogens is 5. The van der Waals surface area contributed by atoms with Crippen molar-refractivity contribution in [2.75, 3.05) is 0 Å². The summed E-state index contributed by atoms with van der Waals surface area (Å²) in [6, 6.07) is 0. The maximum absolute atomic E-state index is 0. The Morgan fingerprint density at radius 3 is 0.429 bits per heavy atom. The molecule has 0 aromatic rings. The van der Waals surface area contributed by atoms with Gasteiger partial charge in [0.2, 0.25) is 0 Å². The molecule has 52 valence electrons. The van der Waals surface area contributed by atoms with E-state index in [-0.39, 0.29) is 200 Å². The summed E-state index contributed by atoms with van der Waals surface area (Å²) in [6.45, 7) is 0. The Balaban J connectivity index is 0. The van der Waals surface area contributed by atoms with Gasteiger partial charge in [-0.05, 0) is 0 Å². The maximum Gasteiger partial charge on any atom is 0 e. The molecule has 0 bridgehead atoms. The molecule has 0 fully saturated rings. The van der Waals surface area contributed by atoms with Gasteiger partial charge < -0.3 is 0 Å². The average Bonchev–Trinajstić information content (AvgIpc) is 0. The van der Waals surface area contributed by atoms with Crippen LogP contribution in [0.25, 0.3) is 0 Å². The Bertz CT molecular complexity index is 8.04. The minimum atomic E-state index is 0. The van der Waals surface area contributed by atoms with Crippen molar-refractivity contribution in [3.63, 3.8) is 0 Å². The summed E-state index contributed by atoms with van der Waals surface area (Å²) in [6.07, 6.45) is 0. The van der Waals surface area contributed by atoms with Crippen molar-refractivity contribution in [1.29, 1.82) is 0 Å². The summed E-state index contributed by atoms with van der Waals surface area (Å²) in [5.74, 6) is 0. The third-order valence-electron chi connectivity index (χ3n) is 0. The van der Waals surface area contributed by atoms with Crippen molar-refractivity contribution in [3.05, 3.63) is 0 Å². The van der Waals surface area contributed by atoms with Gasteiger partial charge in [0.05, 0.1) is 0 Å². The maximum atomic E-state index is 0. The molecule has 0 saturated carbocycles. The van der Waals surface area contributed by atoms with E-state index in [0.29, 0.717) is 0 Å². The van der Waals surface area contributed by atoms with E-state index in [1.165, 1.54) is 0 Å². The van der Waals surface area contributed by atoms with E-state index in [1.54, 1.807) is 0 Å². The van der Waals surface area contributed by atoms with Crippen LogP contribution in [0.4, 0.5) is 0 Å². The van der Waals surface area contributed by atoms with Crippen LogP contribution >= 0.6 is 120 Å². The van der Waals surface area contributed by atoms with Crippen LogP contribution in [-0.2, 0) is 22.4 Å². The van der Waals surface area contributed by atoms with Crippen LogP contribution < -0.4 is 0 Å². The van der Waals surface area contributed by atoms with E-state index >= 15 is 0 Å². The third-order valence-corrected chi connectivity index (χ3v) is 0. The van der Waals surface area contributed by atoms with Crippen LogP contribution in [0.15, 0.2) is 0 Å². The summed E-state index contributed by atoms with van der Waals surface area (Å²) in [5.41, 5.74) is 0. The predicted molar refractivity (Wildman–Crippen MR) is 82.8 cm³/mol. The van der Waals surface area contributed by atoms with Gasteiger partial charge in [0.25, 0.3) is 0 Å². The molecule has 0 spiro atoms. The van der Waals surface area contributed by atoms with Gasteiger partial charge in [0, 0.05) is 80.6 Å². The molecule has 0 unspecified atom stereocenters. The van der Waals surface area contributed by atoms with Gasteiger partial charge in [0.1, 0.15) is 0 Å². The van der Waals surface area contributed by atoms with E-state index in [9.17, 15) is 0 Å². The molecule has 0 aromatic heterocycles. The Kier molecular flexibility index (Phi) is 291. The first-order valence-electron chi connectivity index (χ1n) is 0. The minimum absolute atomic E-state index is 0. The van der Waals surface area contributed by atoms with Gasteiger partial charge in [-0.2, -0.15) is 0 Å². The first kappa shape index (κ1) is 51.1. The van der Waals surface area contributed by atoms with E-state index in [1.807, 2.05) is 0 Å². The fraction of sp³-hybridized carbons (Fsp3) is 0. The summed E-state index contributed by atoms with van der Waals surface area (Å²) in [4.78, 5) is 0. The third kappa shape index (κ3) is 33.0. The zero-order chi connectivity index (χ0) is 0. The van der Waals surface area contributed by atoms with Crippen LogP contribution in [0.2, 0.25) is 0 Å². The Morgan fingerprint density at radius 1 is 0.429 bits per heavy atom. The molecular formula is H5AgI5Rb. The molecule has 2 radical (unpaired) electrons.